The molecular formula is C20H41N. The molecule has 1 aliphatic rings. The lowest BCUT2D eigenvalue weighted by Gasteiger charge is -2.59. The highest BCUT2D eigenvalue weighted by atomic mass is 15.0. The van der Waals surface area contributed by atoms with Crippen molar-refractivity contribution in [2.45, 2.75) is 107 Å². The van der Waals surface area contributed by atoms with Gasteiger partial charge in [0.1, 0.15) is 0 Å². The van der Waals surface area contributed by atoms with Crippen LogP contribution in [0.1, 0.15) is 95.4 Å². The normalized spacial score (nSPS) is 33.0. The molecule has 1 aliphatic carbocycles. The summed E-state index contributed by atoms with van der Waals surface area (Å²) in [7, 11) is 0. The molecule has 0 aromatic heterocycles. The van der Waals surface area contributed by atoms with Gasteiger partial charge in [-0.1, -0.05) is 55.4 Å². The Balaban J connectivity index is 3.24. The zero-order chi connectivity index (χ0) is 16.9. The van der Waals surface area contributed by atoms with Crippen molar-refractivity contribution in [2.24, 2.45) is 21.7 Å². The second-order valence-corrected chi connectivity index (χ2v) is 10.5. The van der Waals surface area contributed by atoms with Crippen molar-refractivity contribution in [3.63, 3.8) is 0 Å². The maximum absolute atomic E-state index is 3.91. The van der Waals surface area contributed by atoms with E-state index in [-0.39, 0.29) is 5.54 Å². The van der Waals surface area contributed by atoms with Crippen LogP contribution in [0.15, 0.2) is 0 Å². The molecule has 0 heterocycles. The zero-order valence-corrected chi connectivity index (χ0v) is 16.7. The molecule has 3 atom stereocenters. The minimum absolute atomic E-state index is 0.192. The lowest BCUT2D eigenvalue weighted by Crippen LogP contribution is -2.57. The van der Waals surface area contributed by atoms with E-state index in [9.17, 15) is 0 Å². The van der Waals surface area contributed by atoms with Crippen molar-refractivity contribution < 1.29 is 0 Å². The van der Waals surface area contributed by atoms with Crippen LogP contribution in [0, 0.1) is 21.7 Å². The van der Waals surface area contributed by atoms with Crippen LogP contribution in [0.3, 0.4) is 0 Å². The van der Waals surface area contributed by atoms with Gasteiger partial charge in [0.15, 0.2) is 0 Å². The fourth-order valence-electron chi connectivity index (χ4n) is 5.01. The first-order chi connectivity index (χ1) is 9.12. The molecule has 0 spiro atoms. The number of hydrogen-bond acceptors (Lipinski definition) is 1. The lowest BCUT2D eigenvalue weighted by atomic mass is 9.46. The maximum atomic E-state index is 3.91. The predicted octanol–water partition coefficient (Wildman–Crippen LogP) is 6.03. The Kier molecular flexibility index (Phi) is 4.75. The van der Waals surface area contributed by atoms with Gasteiger partial charge in [-0.05, 0) is 61.7 Å². The number of nitrogens with one attached hydrogen (secondary N) is 1. The molecular weight excluding hydrogens is 254 g/mol. The highest BCUT2D eigenvalue weighted by Gasteiger charge is 2.62. The number of hydrogen-bond donors (Lipinski definition) is 1. The van der Waals surface area contributed by atoms with Crippen molar-refractivity contribution in [1.82, 2.24) is 5.32 Å². The van der Waals surface area contributed by atoms with Crippen molar-refractivity contribution in [1.29, 1.82) is 0 Å². The Bertz CT molecular complexity index is 368. The molecule has 126 valence electrons. The van der Waals surface area contributed by atoms with Gasteiger partial charge < -0.3 is 5.32 Å². The Labute approximate surface area is 134 Å². The number of rotatable bonds is 3. The van der Waals surface area contributed by atoms with Crippen LogP contribution in [0.25, 0.3) is 0 Å². The Hall–Kier alpha value is -0.0400. The SMILES string of the molecule is CCC(C)(C(C)(C)C)[C@@]1(C)CCC(NC(C)(C)C)C1(C)C. The minimum Gasteiger partial charge on any atom is -0.309 e. The van der Waals surface area contributed by atoms with Crippen LogP contribution in [0.2, 0.25) is 0 Å². The second kappa shape index (κ2) is 5.25. The second-order valence-electron chi connectivity index (χ2n) is 10.5. The minimum atomic E-state index is 0.192. The molecule has 0 aromatic rings. The van der Waals surface area contributed by atoms with Crippen molar-refractivity contribution in [3.05, 3.63) is 0 Å². The molecule has 2 unspecified atom stereocenters. The molecule has 1 fully saturated rings. The van der Waals surface area contributed by atoms with Gasteiger partial charge in [-0.15, -0.1) is 0 Å². The summed E-state index contributed by atoms with van der Waals surface area (Å²) < 4.78 is 0. The van der Waals surface area contributed by atoms with E-state index in [0.717, 1.165) is 0 Å². The molecule has 0 aromatic carbocycles. The van der Waals surface area contributed by atoms with Gasteiger partial charge in [0.2, 0.25) is 0 Å². The van der Waals surface area contributed by atoms with E-state index in [1.807, 2.05) is 0 Å². The smallest absolute Gasteiger partial charge is 0.0129 e. The summed E-state index contributed by atoms with van der Waals surface area (Å²) in [5.41, 5.74) is 1.52. The monoisotopic (exact) mass is 295 g/mol. The van der Waals surface area contributed by atoms with Gasteiger partial charge in [-0.3, -0.25) is 0 Å². The van der Waals surface area contributed by atoms with Crippen molar-refractivity contribution >= 4 is 0 Å². The Morgan fingerprint density at radius 2 is 1.43 bits per heavy atom. The standard InChI is InChI=1S/C20H41N/c1-12-19(10,16(2,3)4)20(11)14-13-15(18(20,8)9)21-17(5,6)7/h15,21H,12-14H2,1-11H3/t15?,19?,20-/m0/s1. The summed E-state index contributed by atoms with van der Waals surface area (Å²) in [5.74, 6) is 0. The predicted molar refractivity (Wildman–Crippen MR) is 95.7 cm³/mol. The van der Waals surface area contributed by atoms with Crippen LogP contribution in [0.4, 0.5) is 0 Å². The van der Waals surface area contributed by atoms with E-state index in [0.29, 0.717) is 27.7 Å². The molecule has 1 saturated carbocycles. The summed E-state index contributed by atoms with van der Waals surface area (Å²) in [4.78, 5) is 0. The maximum Gasteiger partial charge on any atom is 0.0129 e. The molecule has 0 bridgehead atoms. The highest BCUT2D eigenvalue weighted by molar-refractivity contribution is 5.13. The molecule has 1 nitrogen and oxygen atoms in total. The van der Waals surface area contributed by atoms with E-state index in [1.54, 1.807) is 0 Å². The summed E-state index contributed by atoms with van der Waals surface area (Å²) in [6.45, 7) is 26.7. The molecule has 0 saturated heterocycles. The third kappa shape index (κ3) is 2.92. The van der Waals surface area contributed by atoms with Crippen LogP contribution in [-0.4, -0.2) is 11.6 Å². The topological polar surface area (TPSA) is 12.0 Å². The molecule has 1 heteroatoms. The molecule has 0 radical (unpaired) electrons. The average molecular weight is 296 g/mol. The fraction of sp³-hybridized carbons (Fsp3) is 1.00. The van der Waals surface area contributed by atoms with Crippen molar-refractivity contribution in [3.8, 4) is 0 Å². The Morgan fingerprint density at radius 3 is 1.76 bits per heavy atom. The zero-order valence-electron chi connectivity index (χ0n) is 16.7. The van der Waals surface area contributed by atoms with Crippen LogP contribution in [0.5, 0.6) is 0 Å². The van der Waals surface area contributed by atoms with Crippen LogP contribution >= 0.6 is 0 Å². The molecule has 0 aliphatic heterocycles. The summed E-state index contributed by atoms with van der Waals surface area (Å²) in [5, 5.41) is 3.91. The van der Waals surface area contributed by atoms with Gasteiger partial charge in [0.25, 0.3) is 0 Å². The van der Waals surface area contributed by atoms with Gasteiger partial charge >= 0.3 is 0 Å². The van der Waals surface area contributed by atoms with E-state index in [1.165, 1.54) is 19.3 Å². The summed E-state index contributed by atoms with van der Waals surface area (Å²) >= 11 is 0. The first-order valence-corrected chi connectivity index (χ1v) is 8.90. The van der Waals surface area contributed by atoms with E-state index in [2.05, 4.69) is 81.5 Å². The van der Waals surface area contributed by atoms with Gasteiger partial charge in [-0.25, -0.2) is 0 Å². The fourth-order valence-corrected chi connectivity index (χ4v) is 5.01. The van der Waals surface area contributed by atoms with Gasteiger partial charge in [-0.2, -0.15) is 0 Å². The van der Waals surface area contributed by atoms with Crippen LogP contribution < -0.4 is 5.32 Å². The largest absolute Gasteiger partial charge is 0.309 e. The first kappa shape index (κ1) is 19.0. The first-order valence-electron chi connectivity index (χ1n) is 8.90. The molecule has 1 N–H and O–H groups in total. The summed E-state index contributed by atoms with van der Waals surface area (Å²) in [6, 6.07) is 0.607. The molecule has 0 amide bonds. The van der Waals surface area contributed by atoms with E-state index >= 15 is 0 Å². The van der Waals surface area contributed by atoms with Gasteiger partial charge in [0.05, 0.1) is 0 Å². The van der Waals surface area contributed by atoms with Gasteiger partial charge in [0, 0.05) is 11.6 Å². The lowest BCUT2D eigenvalue weighted by molar-refractivity contribution is -0.104. The quantitative estimate of drug-likeness (QED) is 0.670. The van der Waals surface area contributed by atoms with Crippen LogP contribution in [-0.2, 0) is 0 Å². The average Bonchev–Trinajstić information content (AvgIpc) is 2.49. The van der Waals surface area contributed by atoms with E-state index in [4.69, 9.17) is 0 Å². The highest BCUT2D eigenvalue weighted by Crippen LogP contribution is 2.67. The molecule has 21 heavy (non-hydrogen) atoms. The molecule has 1 rings (SSSR count). The third-order valence-corrected chi connectivity index (χ3v) is 7.41. The van der Waals surface area contributed by atoms with E-state index < -0.39 is 0 Å². The third-order valence-electron chi connectivity index (χ3n) is 7.41. The Morgan fingerprint density at radius 1 is 0.952 bits per heavy atom. The van der Waals surface area contributed by atoms with Crippen molar-refractivity contribution in [2.75, 3.05) is 0 Å². The summed E-state index contributed by atoms with van der Waals surface area (Å²) in [6.07, 6.45) is 3.88.